The van der Waals surface area contributed by atoms with Gasteiger partial charge < -0.3 is 10.2 Å². The highest BCUT2D eigenvalue weighted by molar-refractivity contribution is 5.75. The molecule has 0 amide bonds. The fourth-order valence-electron chi connectivity index (χ4n) is 2.87. The molecule has 3 unspecified atom stereocenters. The Bertz CT molecular complexity index is 260. The van der Waals surface area contributed by atoms with Crippen LogP contribution in [-0.2, 0) is 4.79 Å². The Balaban J connectivity index is 2.80. The van der Waals surface area contributed by atoms with Gasteiger partial charge in [0.15, 0.2) is 0 Å². The highest BCUT2D eigenvalue weighted by atomic mass is 16.4. The van der Waals surface area contributed by atoms with Crippen LogP contribution in [0.3, 0.4) is 0 Å². The van der Waals surface area contributed by atoms with Crippen molar-refractivity contribution >= 4 is 5.97 Å². The van der Waals surface area contributed by atoms with Crippen molar-refractivity contribution in [3.05, 3.63) is 0 Å². The zero-order chi connectivity index (χ0) is 12.4. The van der Waals surface area contributed by atoms with Gasteiger partial charge in [-0.3, -0.25) is 4.79 Å². The van der Waals surface area contributed by atoms with Gasteiger partial charge in [-0.05, 0) is 44.9 Å². The van der Waals surface area contributed by atoms with Crippen LogP contribution in [0.2, 0.25) is 0 Å². The summed E-state index contributed by atoms with van der Waals surface area (Å²) in [4.78, 5) is 11.5. The number of hydrogen-bond donors (Lipinski definition) is 2. The summed E-state index contributed by atoms with van der Waals surface area (Å²) in [7, 11) is 0. The summed E-state index contributed by atoms with van der Waals surface area (Å²) in [5.41, 5.74) is -1.53. The smallest absolute Gasteiger partial charge is 0.309 e. The Kier molecular flexibility index (Phi) is 4.00. The topological polar surface area (TPSA) is 57.5 Å². The van der Waals surface area contributed by atoms with Crippen molar-refractivity contribution in [3.8, 4) is 0 Å². The van der Waals surface area contributed by atoms with Gasteiger partial charge in [-0.1, -0.05) is 20.3 Å². The summed E-state index contributed by atoms with van der Waals surface area (Å²) in [5.74, 6) is -0.207. The highest BCUT2D eigenvalue weighted by Crippen LogP contribution is 2.48. The lowest BCUT2D eigenvalue weighted by Gasteiger charge is -2.33. The molecule has 0 saturated heterocycles. The van der Waals surface area contributed by atoms with E-state index in [1.807, 2.05) is 6.92 Å². The number of hydrogen-bond acceptors (Lipinski definition) is 2. The third-order valence-electron chi connectivity index (χ3n) is 4.22. The molecule has 0 heterocycles. The molecule has 1 fully saturated rings. The van der Waals surface area contributed by atoms with Gasteiger partial charge >= 0.3 is 5.97 Å². The average Bonchev–Trinajstić information content (AvgIpc) is 2.62. The van der Waals surface area contributed by atoms with Gasteiger partial charge in [0.05, 0.1) is 11.0 Å². The second-order valence-corrected chi connectivity index (χ2v) is 5.63. The maximum Gasteiger partial charge on any atom is 0.309 e. The number of carboxylic acid groups (broad SMARTS) is 1. The Labute approximate surface area is 97.9 Å². The van der Waals surface area contributed by atoms with Gasteiger partial charge in [0, 0.05) is 0 Å². The molecular formula is C13H24O3. The molecule has 0 aromatic carbocycles. The van der Waals surface area contributed by atoms with Crippen LogP contribution in [0.15, 0.2) is 0 Å². The van der Waals surface area contributed by atoms with Gasteiger partial charge in [-0.2, -0.15) is 0 Å². The van der Waals surface area contributed by atoms with Crippen LogP contribution in [0.4, 0.5) is 0 Å². The lowest BCUT2D eigenvalue weighted by atomic mass is 9.75. The van der Waals surface area contributed by atoms with Crippen molar-refractivity contribution in [1.82, 2.24) is 0 Å². The van der Waals surface area contributed by atoms with E-state index in [1.54, 1.807) is 6.92 Å². The number of rotatable bonds is 5. The van der Waals surface area contributed by atoms with E-state index in [1.165, 1.54) is 0 Å². The van der Waals surface area contributed by atoms with Crippen molar-refractivity contribution < 1.29 is 15.0 Å². The minimum absolute atomic E-state index is 0.391. The van der Waals surface area contributed by atoms with Crippen LogP contribution >= 0.6 is 0 Å². The van der Waals surface area contributed by atoms with Crippen molar-refractivity contribution in [3.63, 3.8) is 0 Å². The second kappa shape index (κ2) is 4.74. The summed E-state index contributed by atoms with van der Waals surface area (Å²) in [5, 5.41) is 19.5. The van der Waals surface area contributed by atoms with E-state index in [2.05, 4.69) is 6.92 Å². The number of aliphatic hydroxyl groups is 1. The standard InChI is InChI=1S/C13H24O3/c1-4-10-6-7-13(8-10,11(14)15)9-12(3,16)5-2/h10,16H,4-9H2,1-3H3,(H,14,15). The quantitative estimate of drug-likeness (QED) is 0.760. The summed E-state index contributed by atoms with van der Waals surface area (Å²) < 4.78 is 0. The first-order chi connectivity index (χ1) is 7.35. The van der Waals surface area contributed by atoms with Gasteiger partial charge in [-0.15, -0.1) is 0 Å². The van der Waals surface area contributed by atoms with E-state index in [0.29, 0.717) is 18.8 Å². The largest absolute Gasteiger partial charge is 0.481 e. The molecule has 2 N–H and O–H groups in total. The molecule has 94 valence electrons. The normalized spacial score (nSPS) is 33.6. The Hall–Kier alpha value is -0.570. The maximum atomic E-state index is 11.5. The highest BCUT2D eigenvalue weighted by Gasteiger charge is 2.48. The van der Waals surface area contributed by atoms with E-state index in [-0.39, 0.29) is 0 Å². The van der Waals surface area contributed by atoms with Crippen LogP contribution in [0, 0.1) is 11.3 Å². The number of aliphatic carboxylic acids is 1. The third kappa shape index (κ3) is 2.76. The Morgan fingerprint density at radius 1 is 1.50 bits per heavy atom. The first kappa shape index (κ1) is 13.5. The average molecular weight is 228 g/mol. The number of carboxylic acids is 1. The monoisotopic (exact) mass is 228 g/mol. The molecule has 0 radical (unpaired) electrons. The molecule has 0 aromatic heterocycles. The molecule has 0 bridgehead atoms. The first-order valence-electron chi connectivity index (χ1n) is 6.31. The van der Waals surface area contributed by atoms with E-state index in [4.69, 9.17) is 0 Å². The fourth-order valence-corrected chi connectivity index (χ4v) is 2.87. The van der Waals surface area contributed by atoms with Crippen LogP contribution in [-0.4, -0.2) is 21.8 Å². The molecule has 1 saturated carbocycles. The molecule has 0 aromatic rings. The summed E-state index contributed by atoms with van der Waals surface area (Å²) in [6.45, 7) is 5.76. The van der Waals surface area contributed by atoms with E-state index >= 15 is 0 Å². The zero-order valence-corrected chi connectivity index (χ0v) is 10.6. The van der Waals surface area contributed by atoms with Gasteiger partial charge in [0.25, 0.3) is 0 Å². The molecule has 3 atom stereocenters. The van der Waals surface area contributed by atoms with E-state index in [0.717, 1.165) is 25.7 Å². The van der Waals surface area contributed by atoms with Crippen molar-refractivity contribution in [1.29, 1.82) is 0 Å². The van der Waals surface area contributed by atoms with Gasteiger partial charge in [-0.25, -0.2) is 0 Å². The molecule has 0 aliphatic heterocycles. The van der Waals surface area contributed by atoms with Crippen LogP contribution in [0.5, 0.6) is 0 Å². The van der Waals surface area contributed by atoms with Crippen LogP contribution < -0.4 is 0 Å². The fraction of sp³-hybridized carbons (Fsp3) is 0.923. The predicted molar refractivity (Wildman–Crippen MR) is 63.2 cm³/mol. The predicted octanol–water partition coefficient (Wildman–Crippen LogP) is 2.82. The second-order valence-electron chi connectivity index (χ2n) is 5.63. The van der Waals surface area contributed by atoms with Gasteiger partial charge in [0.2, 0.25) is 0 Å². The third-order valence-corrected chi connectivity index (χ3v) is 4.22. The van der Waals surface area contributed by atoms with Crippen LogP contribution in [0.25, 0.3) is 0 Å². The molecule has 16 heavy (non-hydrogen) atoms. The minimum atomic E-state index is -0.846. The summed E-state index contributed by atoms with van der Waals surface area (Å²) >= 11 is 0. The Morgan fingerprint density at radius 2 is 2.12 bits per heavy atom. The molecule has 0 spiro atoms. The van der Waals surface area contributed by atoms with E-state index in [9.17, 15) is 15.0 Å². The van der Waals surface area contributed by atoms with Crippen molar-refractivity contribution in [2.24, 2.45) is 11.3 Å². The molecular weight excluding hydrogens is 204 g/mol. The first-order valence-corrected chi connectivity index (χ1v) is 6.31. The molecule has 1 aliphatic rings. The van der Waals surface area contributed by atoms with E-state index < -0.39 is 17.0 Å². The number of carbonyl (C=O) groups is 1. The molecule has 1 aliphatic carbocycles. The maximum absolute atomic E-state index is 11.5. The molecule has 3 heteroatoms. The van der Waals surface area contributed by atoms with Crippen molar-refractivity contribution in [2.75, 3.05) is 0 Å². The Morgan fingerprint density at radius 3 is 2.50 bits per heavy atom. The van der Waals surface area contributed by atoms with Gasteiger partial charge in [0.1, 0.15) is 0 Å². The lowest BCUT2D eigenvalue weighted by molar-refractivity contribution is -0.153. The minimum Gasteiger partial charge on any atom is -0.481 e. The lowest BCUT2D eigenvalue weighted by Crippen LogP contribution is -2.38. The zero-order valence-electron chi connectivity index (χ0n) is 10.6. The summed E-state index contributed by atoms with van der Waals surface area (Å²) in [6, 6.07) is 0. The molecule has 1 rings (SSSR count). The molecule has 3 nitrogen and oxygen atoms in total. The van der Waals surface area contributed by atoms with Crippen LogP contribution in [0.1, 0.15) is 59.3 Å². The summed E-state index contributed by atoms with van der Waals surface area (Å²) in [6.07, 6.45) is 4.49. The van der Waals surface area contributed by atoms with Crippen molar-refractivity contribution in [2.45, 2.75) is 64.9 Å². The SMILES string of the molecule is CCC1CCC(CC(C)(O)CC)(C(=O)O)C1.